The molecule has 180 valence electrons. The second-order valence-corrected chi connectivity index (χ2v) is 7.98. The van der Waals surface area contributed by atoms with Crippen LogP contribution < -0.4 is 11.2 Å². The quantitative estimate of drug-likeness (QED) is 0.405. The summed E-state index contributed by atoms with van der Waals surface area (Å²) in [5.74, 6) is 0. The first-order valence-corrected chi connectivity index (χ1v) is 11.0. The van der Waals surface area contributed by atoms with Crippen LogP contribution in [0.5, 0.6) is 0 Å². The molecule has 1 aliphatic rings. The van der Waals surface area contributed by atoms with Gasteiger partial charge in [-0.15, -0.1) is 0 Å². The van der Waals surface area contributed by atoms with Gasteiger partial charge in [-0.1, -0.05) is 12.1 Å². The van der Waals surface area contributed by atoms with E-state index in [0.717, 1.165) is 22.4 Å². The van der Waals surface area contributed by atoms with Gasteiger partial charge in [0, 0.05) is 65.9 Å². The Morgan fingerprint density at radius 1 is 1.06 bits per heavy atom. The zero-order chi connectivity index (χ0) is 24.8. The van der Waals surface area contributed by atoms with E-state index in [2.05, 4.69) is 19.9 Å². The van der Waals surface area contributed by atoms with E-state index in [4.69, 9.17) is 9.84 Å². The molecule has 3 N–H and O–H groups in total. The summed E-state index contributed by atoms with van der Waals surface area (Å²) in [5.41, 5.74) is 3.42. The van der Waals surface area contributed by atoms with E-state index in [1.807, 2.05) is 48.8 Å². The standard InChI is InChI=1S/C15H11N3.C10H14N2O5/c1-4-12(10-16-7-1)14-6-3-9-18-15(14)13-5-2-8-17-11-13;1-5-3-12(10(16)11-9(5)15)8-2-6(14)7(4-13)17-8/h1-11H;3,6-8,13-14H,2,4H2,1H3,(H,11,15,16)/t;6-,7+,8+/m.0/s1. The first kappa shape index (κ1) is 24.1. The Hall–Kier alpha value is -3.99. The van der Waals surface area contributed by atoms with Crippen molar-refractivity contribution >= 4 is 0 Å². The maximum Gasteiger partial charge on any atom is 0.330 e. The highest BCUT2D eigenvalue weighted by Gasteiger charge is 2.34. The summed E-state index contributed by atoms with van der Waals surface area (Å²) >= 11 is 0. The van der Waals surface area contributed by atoms with E-state index < -0.39 is 29.7 Å². The lowest BCUT2D eigenvalue weighted by Gasteiger charge is -2.14. The van der Waals surface area contributed by atoms with Gasteiger partial charge in [0.15, 0.2) is 0 Å². The van der Waals surface area contributed by atoms with Crippen molar-refractivity contribution < 1.29 is 14.9 Å². The number of aryl methyl sites for hydroxylation is 1. The minimum Gasteiger partial charge on any atom is -0.394 e. The molecule has 3 atom stereocenters. The molecular weight excluding hydrogens is 450 g/mol. The molecule has 0 saturated carbocycles. The average molecular weight is 476 g/mol. The third-order valence-corrected chi connectivity index (χ3v) is 5.56. The van der Waals surface area contributed by atoms with Crippen molar-refractivity contribution in [2.75, 3.05) is 6.61 Å². The molecule has 1 aliphatic heterocycles. The largest absolute Gasteiger partial charge is 0.394 e. The smallest absolute Gasteiger partial charge is 0.330 e. The summed E-state index contributed by atoms with van der Waals surface area (Å²) in [7, 11) is 0. The van der Waals surface area contributed by atoms with Gasteiger partial charge in [-0.05, 0) is 31.2 Å². The van der Waals surface area contributed by atoms with Crippen LogP contribution in [0, 0.1) is 6.92 Å². The molecule has 1 fully saturated rings. The lowest BCUT2D eigenvalue weighted by Crippen LogP contribution is -2.33. The number of hydrogen-bond acceptors (Lipinski definition) is 8. The monoisotopic (exact) mass is 475 g/mol. The highest BCUT2D eigenvalue weighted by Crippen LogP contribution is 2.29. The zero-order valence-corrected chi connectivity index (χ0v) is 19.0. The van der Waals surface area contributed by atoms with Crippen LogP contribution >= 0.6 is 0 Å². The van der Waals surface area contributed by atoms with Gasteiger partial charge >= 0.3 is 5.69 Å². The summed E-state index contributed by atoms with van der Waals surface area (Å²) < 4.78 is 6.54. The summed E-state index contributed by atoms with van der Waals surface area (Å²) in [6, 6.07) is 11.9. The van der Waals surface area contributed by atoms with E-state index in [9.17, 15) is 14.7 Å². The van der Waals surface area contributed by atoms with E-state index in [1.54, 1.807) is 25.5 Å². The summed E-state index contributed by atoms with van der Waals surface area (Å²) in [5, 5.41) is 18.5. The molecule has 0 amide bonds. The van der Waals surface area contributed by atoms with Crippen LogP contribution in [0.1, 0.15) is 18.2 Å². The number of pyridine rings is 3. The first-order chi connectivity index (χ1) is 17.0. The maximum absolute atomic E-state index is 11.6. The fourth-order valence-corrected chi connectivity index (χ4v) is 3.74. The molecule has 10 nitrogen and oxygen atoms in total. The molecule has 0 aliphatic carbocycles. The van der Waals surface area contributed by atoms with Gasteiger partial charge in [0.1, 0.15) is 12.3 Å². The van der Waals surface area contributed by atoms with Crippen molar-refractivity contribution in [3.05, 3.63) is 100.0 Å². The zero-order valence-electron chi connectivity index (χ0n) is 19.0. The van der Waals surface area contributed by atoms with Gasteiger partial charge in [0.05, 0.1) is 18.4 Å². The van der Waals surface area contributed by atoms with E-state index in [-0.39, 0.29) is 13.0 Å². The van der Waals surface area contributed by atoms with Gasteiger partial charge in [0.2, 0.25) is 0 Å². The van der Waals surface area contributed by atoms with E-state index >= 15 is 0 Å². The number of aliphatic hydroxyl groups is 2. The van der Waals surface area contributed by atoms with Crippen molar-refractivity contribution in [1.82, 2.24) is 24.5 Å². The SMILES string of the molecule is Cc1cn([C@H]2C[C@H](O)[C@@H](CO)O2)c(=O)[nH]c1=O.c1cncc(-c2cccnc2-c2cccnc2)c1. The third kappa shape index (κ3) is 5.57. The summed E-state index contributed by atoms with van der Waals surface area (Å²) in [6.45, 7) is 1.26. The molecule has 5 heterocycles. The molecule has 0 spiro atoms. The molecule has 0 radical (unpaired) electrons. The van der Waals surface area contributed by atoms with Gasteiger partial charge in [0.25, 0.3) is 5.56 Å². The van der Waals surface area contributed by atoms with Crippen molar-refractivity contribution in [2.24, 2.45) is 0 Å². The summed E-state index contributed by atoms with van der Waals surface area (Å²) in [4.78, 5) is 37.7. The number of aromatic nitrogens is 5. The van der Waals surface area contributed by atoms with Crippen LogP contribution in [0.4, 0.5) is 0 Å². The highest BCUT2D eigenvalue weighted by atomic mass is 16.5. The number of nitrogens with zero attached hydrogens (tertiary/aromatic N) is 4. The minimum atomic E-state index is -0.816. The number of rotatable bonds is 4. The Balaban J connectivity index is 0.000000165. The van der Waals surface area contributed by atoms with Crippen LogP contribution in [0.3, 0.4) is 0 Å². The Bertz CT molecular complexity index is 1320. The number of aliphatic hydroxyl groups excluding tert-OH is 2. The van der Waals surface area contributed by atoms with Crippen molar-refractivity contribution in [3.63, 3.8) is 0 Å². The van der Waals surface area contributed by atoms with Gasteiger partial charge in [-0.25, -0.2) is 4.79 Å². The molecule has 35 heavy (non-hydrogen) atoms. The molecule has 0 aromatic carbocycles. The molecule has 4 aromatic heterocycles. The highest BCUT2D eigenvalue weighted by molar-refractivity contribution is 5.79. The molecule has 0 bridgehead atoms. The fourth-order valence-electron chi connectivity index (χ4n) is 3.74. The van der Waals surface area contributed by atoms with Crippen LogP contribution in [-0.2, 0) is 4.74 Å². The van der Waals surface area contributed by atoms with Crippen molar-refractivity contribution in [3.8, 4) is 22.4 Å². The minimum absolute atomic E-state index is 0.205. The van der Waals surface area contributed by atoms with Crippen molar-refractivity contribution in [1.29, 1.82) is 0 Å². The van der Waals surface area contributed by atoms with Crippen LogP contribution in [0.15, 0.2) is 83.2 Å². The second-order valence-electron chi connectivity index (χ2n) is 7.98. The number of hydrogen-bond donors (Lipinski definition) is 3. The Morgan fingerprint density at radius 2 is 1.74 bits per heavy atom. The van der Waals surface area contributed by atoms with E-state index in [0.29, 0.717) is 5.56 Å². The molecular formula is C25H25N5O5. The number of aromatic amines is 1. The average Bonchev–Trinajstić information content (AvgIpc) is 3.28. The van der Waals surface area contributed by atoms with E-state index in [1.165, 1.54) is 10.8 Å². The topological polar surface area (TPSA) is 143 Å². The number of nitrogens with one attached hydrogen (secondary N) is 1. The number of ether oxygens (including phenoxy) is 1. The van der Waals surface area contributed by atoms with Crippen molar-refractivity contribution in [2.45, 2.75) is 31.8 Å². The molecule has 4 aromatic rings. The number of H-pyrrole nitrogens is 1. The summed E-state index contributed by atoms with van der Waals surface area (Å²) in [6.07, 6.45) is 8.41. The normalized spacial score (nSPS) is 19.1. The molecule has 10 heteroatoms. The lowest BCUT2D eigenvalue weighted by molar-refractivity contribution is -0.0459. The van der Waals surface area contributed by atoms with Gasteiger partial charge in [-0.3, -0.25) is 29.3 Å². The van der Waals surface area contributed by atoms with Crippen LogP contribution in [0.25, 0.3) is 22.4 Å². The first-order valence-electron chi connectivity index (χ1n) is 11.0. The Morgan fingerprint density at radius 3 is 2.37 bits per heavy atom. The Kier molecular flexibility index (Phi) is 7.56. The maximum atomic E-state index is 11.6. The van der Waals surface area contributed by atoms with Gasteiger partial charge in [-0.2, -0.15) is 0 Å². The third-order valence-electron chi connectivity index (χ3n) is 5.56. The van der Waals surface area contributed by atoms with Crippen LogP contribution in [-0.4, -0.2) is 53.5 Å². The predicted octanol–water partition coefficient (Wildman–Crippen LogP) is 1.69. The lowest BCUT2D eigenvalue weighted by atomic mass is 10.0. The molecule has 0 unspecified atom stereocenters. The van der Waals surface area contributed by atoms with Crippen LogP contribution in [0.2, 0.25) is 0 Å². The van der Waals surface area contributed by atoms with Gasteiger partial charge < -0.3 is 14.9 Å². The predicted molar refractivity (Wildman–Crippen MR) is 128 cm³/mol. The fraction of sp³-hybridized carbons (Fsp3) is 0.240. The Labute approximate surface area is 200 Å². The molecule has 1 saturated heterocycles. The molecule has 5 rings (SSSR count). The second kappa shape index (κ2) is 11.0.